The summed E-state index contributed by atoms with van der Waals surface area (Å²) in [6.07, 6.45) is 1.59. The monoisotopic (exact) mass is 462 g/mol. The summed E-state index contributed by atoms with van der Waals surface area (Å²) in [5, 5.41) is 13.4. The lowest BCUT2D eigenvalue weighted by Gasteiger charge is -2.24. The second-order valence-electron chi connectivity index (χ2n) is 9.04. The number of Topliss-reactive ketones (excluding diaryl/α,β-unsaturated/α-hetero) is 1. The second-order valence-corrected chi connectivity index (χ2v) is 9.91. The Morgan fingerprint density at radius 3 is 2.36 bits per heavy atom. The third-order valence-corrected chi connectivity index (χ3v) is 6.60. The number of rotatable bonds is 4. The predicted molar refractivity (Wildman–Crippen MR) is 130 cm³/mol. The van der Waals surface area contributed by atoms with Gasteiger partial charge in [0.15, 0.2) is 5.13 Å². The summed E-state index contributed by atoms with van der Waals surface area (Å²) in [6.45, 7) is 8.22. The van der Waals surface area contributed by atoms with Gasteiger partial charge in [-0.05, 0) is 47.2 Å². The number of thiazole rings is 1. The van der Waals surface area contributed by atoms with Crippen LogP contribution >= 0.6 is 11.3 Å². The molecule has 0 saturated carbocycles. The minimum Gasteiger partial charge on any atom is -0.507 e. The minimum absolute atomic E-state index is 0.0447. The molecule has 1 amide bonds. The van der Waals surface area contributed by atoms with E-state index in [1.54, 1.807) is 36.9 Å². The summed E-state index contributed by atoms with van der Waals surface area (Å²) in [7, 11) is 1.57. The van der Waals surface area contributed by atoms with E-state index in [0.717, 1.165) is 16.7 Å². The Hall–Kier alpha value is -3.45. The third-order valence-electron chi connectivity index (χ3n) is 5.83. The van der Waals surface area contributed by atoms with Gasteiger partial charge in [-0.25, -0.2) is 4.98 Å². The molecule has 2 aromatic carbocycles. The van der Waals surface area contributed by atoms with E-state index in [1.165, 1.54) is 16.2 Å². The van der Waals surface area contributed by atoms with E-state index in [2.05, 4.69) is 25.8 Å². The molecule has 1 aromatic heterocycles. The molecule has 2 heterocycles. The van der Waals surface area contributed by atoms with Gasteiger partial charge in [0.05, 0.1) is 18.7 Å². The average molecular weight is 463 g/mol. The lowest BCUT2D eigenvalue weighted by Crippen LogP contribution is -2.29. The number of aromatic nitrogens is 1. The Kier molecular flexibility index (Phi) is 5.84. The van der Waals surface area contributed by atoms with Crippen molar-refractivity contribution in [2.24, 2.45) is 0 Å². The van der Waals surface area contributed by atoms with Crippen LogP contribution in [0.2, 0.25) is 0 Å². The molecule has 1 unspecified atom stereocenters. The molecule has 1 aliphatic heterocycles. The quantitative estimate of drug-likeness (QED) is 0.320. The highest BCUT2D eigenvalue weighted by Gasteiger charge is 2.48. The van der Waals surface area contributed by atoms with Gasteiger partial charge in [-0.2, -0.15) is 0 Å². The van der Waals surface area contributed by atoms with Crippen LogP contribution in [0.4, 0.5) is 5.13 Å². The van der Waals surface area contributed by atoms with E-state index in [9.17, 15) is 14.7 Å². The van der Waals surface area contributed by atoms with E-state index >= 15 is 0 Å². The van der Waals surface area contributed by atoms with Crippen molar-refractivity contribution in [3.63, 3.8) is 0 Å². The van der Waals surface area contributed by atoms with Crippen molar-refractivity contribution >= 4 is 33.9 Å². The van der Waals surface area contributed by atoms with Crippen LogP contribution in [0.1, 0.15) is 49.1 Å². The molecule has 0 spiro atoms. The topological polar surface area (TPSA) is 79.7 Å². The molecule has 1 aliphatic rings. The largest absolute Gasteiger partial charge is 0.507 e. The van der Waals surface area contributed by atoms with Gasteiger partial charge < -0.3 is 9.84 Å². The maximum Gasteiger partial charge on any atom is 0.301 e. The molecule has 33 heavy (non-hydrogen) atoms. The number of methoxy groups -OCH3 is 1. The van der Waals surface area contributed by atoms with Crippen molar-refractivity contribution in [3.8, 4) is 5.75 Å². The summed E-state index contributed by atoms with van der Waals surface area (Å²) in [5.41, 5.74) is 3.11. The van der Waals surface area contributed by atoms with Gasteiger partial charge in [-0.3, -0.25) is 14.5 Å². The first-order valence-electron chi connectivity index (χ1n) is 10.6. The number of anilines is 1. The van der Waals surface area contributed by atoms with Crippen LogP contribution in [-0.2, 0) is 15.0 Å². The number of aryl methyl sites for hydroxylation is 1. The van der Waals surface area contributed by atoms with E-state index in [-0.39, 0.29) is 16.7 Å². The van der Waals surface area contributed by atoms with Crippen molar-refractivity contribution < 1.29 is 19.4 Å². The molecule has 1 atom stereocenters. The highest BCUT2D eigenvalue weighted by atomic mass is 32.1. The molecule has 0 radical (unpaired) electrons. The molecule has 1 N–H and O–H groups in total. The molecule has 1 saturated heterocycles. The fourth-order valence-corrected chi connectivity index (χ4v) is 4.69. The lowest BCUT2D eigenvalue weighted by molar-refractivity contribution is -0.132. The van der Waals surface area contributed by atoms with Crippen molar-refractivity contribution in [3.05, 3.63) is 81.9 Å². The lowest BCUT2D eigenvalue weighted by atomic mass is 9.85. The van der Waals surface area contributed by atoms with Gasteiger partial charge in [0.1, 0.15) is 11.5 Å². The Bertz CT molecular complexity index is 1240. The number of ether oxygens (including phenoxy) is 1. The number of hydrogen-bond acceptors (Lipinski definition) is 6. The molecule has 3 aromatic rings. The van der Waals surface area contributed by atoms with Crippen LogP contribution in [0.25, 0.3) is 5.76 Å². The first-order valence-corrected chi connectivity index (χ1v) is 11.5. The summed E-state index contributed by atoms with van der Waals surface area (Å²) in [6, 6.07) is 12.2. The number of carbonyl (C=O) groups is 2. The smallest absolute Gasteiger partial charge is 0.301 e. The van der Waals surface area contributed by atoms with Crippen LogP contribution in [0.15, 0.2) is 59.6 Å². The molecular formula is C26H26N2O4S. The van der Waals surface area contributed by atoms with Crippen LogP contribution in [0.5, 0.6) is 5.75 Å². The highest BCUT2D eigenvalue weighted by Crippen LogP contribution is 2.43. The van der Waals surface area contributed by atoms with Gasteiger partial charge in [-0.15, -0.1) is 11.3 Å². The van der Waals surface area contributed by atoms with E-state index < -0.39 is 17.7 Å². The van der Waals surface area contributed by atoms with Crippen molar-refractivity contribution in [2.75, 3.05) is 12.0 Å². The number of nitrogens with zero attached hydrogens (tertiary/aromatic N) is 2. The van der Waals surface area contributed by atoms with Crippen molar-refractivity contribution in [1.82, 2.24) is 4.98 Å². The molecule has 4 rings (SSSR count). The Balaban J connectivity index is 1.90. The third kappa shape index (κ3) is 4.04. The van der Waals surface area contributed by atoms with E-state index in [4.69, 9.17) is 4.74 Å². The summed E-state index contributed by atoms with van der Waals surface area (Å²) in [5.74, 6) is -0.991. The van der Waals surface area contributed by atoms with E-state index in [1.807, 2.05) is 31.2 Å². The maximum atomic E-state index is 13.2. The SMILES string of the molecule is COc1ccc(C(O)=C2C(=O)C(=O)N(c3nccs3)C2c2ccc(C(C)(C)C)cc2)cc1C. The predicted octanol–water partition coefficient (Wildman–Crippen LogP) is 5.38. The summed E-state index contributed by atoms with van der Waals surface area (Å²) >= 11 is 1.27. The first kappa shape index (κ1) is 22.7. The summed E-state index contributed by atoms with van der Waals surface area (Å²) in [4.78, 5) is 31.9. The number of ketones is 1. The normalized spacial score (nSPS) is 18.1. The zero-order valence-electron chi connectivity index (χ0n) is 19.2. The van der Waals surface area contributed by atoms with Crippen LogP contribution in [-0.4, -0.2) is 28.9 Å². The maximum absolute atomic E-state index is 13.2. The van der Waals surface area contributed by atoms with Gasteiger partial charge in [0, 0.05) is 17.1 Å². The summed E-state index contributed by atoms with van der Waals surface area (Å²) < 4.78 is 5.30. The molecule has 7 heteroatoms. The van der Waals surface area contributed by atoms with Crippen LogP contribution in [0, 0.1) is 6.92 Å². The highest BCUT2D eigenvalue weighted by molar-refractivity contribution is 7.14. The first-order chi connectivity index (χ1) is 15.6. The number of aliphatic hydroxyl groups excluding tert-OH is 1. The van der Waals surface area contributed by atoms with Crippen LogP contribution in [0.3, 0.4) is 0 Å². The zero-order valence-corrected chi connectivity index (χ0v) is 20.1. The van der Waals surface area contributed by atoms with Crippen molar-refractivity contribution in [2.45, 2.75) is 39.2 Å². The zero-order chi connectivity index (χ0) is 23.9. The Labute approximate surface area is 197 Å². The van der Waals surface area contributed by atoms with Crippen molar-refractivity contribution in [1.29, 1.82) is 0 Å². The van der Waals surface area contributed by atoms with Gasteiger partial charge in [0.2, 0.25) is 0 Å². The number of carbonyl (C=O) groups excluding carboxylic acids is 2. The average Bonchev–Trinajstić information content (AvgIpc) is 3.39. The van der Waals surface area contributed by atoms with Crippen LogP contribution < -0.4 is 9.64 Å². The number of hydrogen-bond donors (Lipinski definition) is 1. The number of amides is 1. The molecule has 0 bridgehead atoms. The molecule has 6 nitrogen and oxygen atoms in total. The molecule has 170 valence electrons. The van der Waals surface area contributed by atoms with Gasteiger partial charge in [-0.1, -0.05) is 45.0 Å². The fraction of sp³-hybridized carbons (Fsp3) is 0.269. The Morgan fingerprint density at radius 1 is 1.12 bits per heavy atom. The molecule has 1 fully saturated rings. The number of aliphatic hydroxyl groups is 1. The van der Waals surface area contributed by atoms with Gasteiger partial charge in [0.25, 0.3) is 5.78 Å². The van der Waals surface area contributed by atoms with E-state index in [0.29, 0.717) is 16.4 Å². The Morgan fingerprint density at radius 2 is 1.82 bits per heavy atom. The van der Waals surface area contributed by atoms with Gasteiger partial charge >= 0.3 is 5.91 Å². The standard InChI is InChI=1S/C26H26N2O4S/c1-15-14-17(8-11-19(15)32-5)22(29)20-21(16-6-9-18(10-7-16)26(2,3)4)28(24(31)23(20)30)25-27-12-13-33-25/h6-14,21,29H,1-5H3. The molecule has 0 aliphatic carbocycles. The minimum atomic E-state index is -0.785. The number of benzene rings is 2. The fourth-order valence-electron chi connectivity index (χ4n) is 4.03. The molecular weight excluding hydrogens is 436 g/mol. The second kappa shape index (κ2) is 8.48.